The van der Waals surface area contributed by atoms with Gasteiger partial charge < -0.3 is 19.7 Å². The molecule has 0 aromatic heterocycles. The van der Waals surface area contributed by atoms with Gasteiger partial charge in [0.15, 0.2) is 11.5 Å². The Morgan fingerprint density at radius 2 is 1.71 bits per heavy atom. The summed E-state index contributed by atoms with van der Waals surface area (Å²) in [4.78, 5) is 28.4. The second kappa shape index (κ2) is 10.9. The fourth-order valence-corrected chi connectivity index (χ4v) is 4.60. The average Bonchev–Trinajstić information content (AvgIpc) is 2.88. The van der Waals surface area contributed by atoms with Gasteiger partial charge in [0.2, 0.25) is 5.91 Å². The molecule has 0 radical (unpaired) electrons. The van der Waals surface area contributed by atoms with Gasteiger partial charge in [-0.2, -0.15) is 0 Å². The second-order valence-electron chi connectivity index (χ2n) is 8.33. The third kappa shape index (κ3) is 5.65. The van der Waals surface area contributed by atoms with Gasteiger partial charge >= 0.3 is 0 Å². The van der Waals surface area contributed by atoms with Crippen molar-refractivity contribution in [1.29, 1.82) is 0 Å². The van der Waals surface area contributed by atoms with Crippen molar-refractivity contribution in [3.63, 3.8) is 0 Å². The van der Waals surface area contributed by atoms with E-state index in [4.69, 9.17) is 9.47 Å². The summed E-state index contributed by atoms with van der Waals surface area (Å²) in [7, 11) is 3.18. The minimum Gasteiger partial charge on any atom is -0.493 e. The van der Waals surface area contributed by atoms with Crippen LogP contribution in [0.1, 0.15) is 27.0 Å². The van der Waals surface area contributed by atoms with E-state index in [2.05, 4.69) is 21.2 Å². The van der Waals surface area contributed by atoms with E-state index in [1.54, 1.807) is 19.1 Å². The molecule has 0 saturated carbocycles. The Bertz CT molecular complexity index is 1240. The SMILES string of the molecule is COc1cc2c(cc1OC)CN(C(=O)[C@@H](Cc1ccccc1)NC(=O)c1ccc(F)c(Br)c1)CC2. The van der Waals surface area contributed by atoms with Crippen LogP contribution in [0.2, 0.25) is 0 Å². The molecule has 0 saturated heterocycles. The molecule has 1 atom stereocenters. The molecular weight excluding hydrogens is 515 g/mol. The van der Waals surface area contributed by atoms with Crippen LogP contribution in [0.4, 0.5) is 4.39 Å². The Kier molecular flexibility index (Phi) is 7.70. The fourth-order valence-electron chi connectivity index (χ4n) is 4.22. The number of benzene rings is 3. The van der Waals surface area contributed by atoms with Crippen LogP contribution in [0.3, 0.4) is 0 Å². The number of hydrogen-bond acceptors (Lipinski definition) is 4. The van der Waals surface area contributed by atoms with Crippen LogP contribution in [-0.2, 0) is 24.2 Å². The molecule has 1 N–H and O–H groups in total. The van der Waals surface area contributed by atoms with Crippen LogP contribution in [-0.4, -0.2) is 43.5 Å². The predicted octanol–water partition coefficient (Wildman–Crippen LogP) is 4.53. The summed E-state index contributed by atoms with van der Waals surface area (Å²) in [5, 5.41) is 2.87. The predicted molar refractivity (Wildman–Crippen MR) is 134 cm³/mol. The Balaban J connectivity index is 1.57. The number of halogens is 2. The monoisotopic (exact) mass is 540 g/mol. The van der Waals surface area contributed by atoms with Crippen molar-refractivity contribution in [3.05, 3.63) is 93.2 Å². The first-order valence-corrected chi connectivity index (χ1v) is 12.0. The molecule has 8 heteroatoms. The summed E-state index contributed by atoms with van der Waals surface area (Å²) in [6.07, 6.45) is 1.00. The summed E-state index contributed by atoms with van der Waals surface area (Å²) in [6.45, 7) is 0.919. The van der Waals surface area contributed by atoms with Gasteiger partial charge in [0.25, 0.3) is 5.91 Å². The highest BCUT2D eigenvalue weighted by atomic mass is 79.9. The third-order valence-corrected chi connectivity index (χ3v) is 6.71. The number of nitrogens with zero attached hydrogens (tertiary/aromatic N) is 1. The minimum absolute atomic E-state index is 0.177. The number of amides is 2. The van der Waals surface area contributed by atoms with Crippen molar-refractivity contribution in [2.24, 2.45) is 0 Å². The van der Waals surface area contributed by atoms with E-state index in [9.17, 15) is 14.0 Å². The van der Waals surface area contributed by atoms with Gasteiger partial charge in [-0.25, -0.2) is 4.39 Å². The van der Waals surface area contributed by atoms with E-state index >= 15 is 0 Å². The first-order valence-electron chi connectivity index (χ1n) is 11.2. The minimum atomic E-state index is -0.782. The van der Waals surface area contributed by atoms with Gasteiger partial charge in [-0.05, 0) is 69.4 Å². The molecule has 0 aliphatic carbocycles. The highest BCUT2D eigenvalue weighted by Crippen LogP contribution is 2.33. The number of carbonyl (C=O) groups excluding carboxylic acids is 2. The molecule has 3 aromatic carbocycles. The molecule has 0 fully saturated rings. The van der Waals surface area contributed by atoms with Crippen molar-refractivity contribution >= 4 is 27.7 Å². The molecule has 1 aliphatic rings. The van der Waals surface area contributed by atoms with Crippen LogP contribution in [0.5, 0.6) is 11.5 Å². The van der Waals surface area contributed by atoms with Crippen molar-refractivity contribution in [2.45, 2.75) is 25.4 Å². The van der Waals surface area contributed by atoms with Crippen LogP contribution in [0.25, 0.3) is 0 Å². The van der Waals surface area contributed by atoms with Crippen LogP contribution in [0, 0.1) is 5.82 Å². The quantitative estimate of drug-likeness (QED) is 0.478. The summed E-state index contributed by atoms with van der Waals surface area (Å²) in [5.41, 5.74) is 3.28. The second-order valence-corrected chi connectivity index (χ2v) is 9.18. The summed E-state index contributed by atoms with van der Waals surface area (Å²) in [5.74, 6) is 0.187. The van der Waals surface area contributed by atoms with Gasteiger partial charge in [0, 0.05) is 25.1 Å². The lowest BCUT2D eigenvalue weighted by molar-refractivity contribution is -0.134. The molecule has 0 spiro atoms. The molecule has 1 heterocycles. The zero-order valence-electron chi connectivity index (χ0n) is 19.5. The van der Waals surface area contributed by atoms with Gasteiger partial charge in [-0.15, -0.1) is 0 Å². The topological polar surface area (TPSA) is 67.9 Å². The maximum absolute atomic E-state index is 13.7. The lowest BCUT2D eigenvalue weighted by Crippen LogP contribution is -2.50. The van der Waals surface area contributed by atoms with Crippen LogP contribution < -0.4 is 14.8 Å². The summed E-state index contributed by atoms with van der Waals surface area (Å²) in [6, 6.07) is 16.6. The van der Waals surface area contributed by atoms with Crippen molar-refractivity contribution < 1.29 is 23.5 Å². The first-order chi connectivity index (χ1) is 16.9. The van der Waals surface area contributed by atoms with Crippen molar-refractivity contribution in [2.75, 3.05) is 20.8 Å². The molecule has 2 amide bonds. The number of hydrogen-bond donors (Lipinski definition) is 1. The Morgan fingerprint density at radius 1 is 1.03 bits per heavy atom. The molecule has 0 unspecified atom stereocenters. The van der Waals surface area contributed by atoms with Crippen LogP contribution in [0.15, 0.2) is 65.1 Å². The third-order valence-electron chi connectivity index (χ3n) is 6.10. The van der Waals surface area contributed by atoms with E-state index in [0.717, 1.165) is 16.7 Å². The highest BCUT2D eigenvalue weighted by molar-refractivity contribution is 9.10. The maximum atomic E-state index is 13.7. The lowest BCUT2D eigenvalue weighted by Gasteiger charge is -2.32. The first kappa shape index (κ1) is 24.7. The number of nitrogens with one attached hydrogen (secondary N) is 1. The smallest absolute Gasteiger partial charge is 0.251 e. The lowest BCUT2D eigenvalue weighted by atomic mass is 9.97. The average molecular weight is 541 g/mol. The summed E-state index contributed by atoms with van der Waals surface area (Å²) < 4.78 is 24.7. The van der Waals surface area contributed by atoms with E-state index < -0.39 is 17.8 Å². The summed E-state index contributed by atoms with van der Waals surface area (Å²) >= 11 is 3.11. The molecule has 6 nitrogen and oxygen atoms in total. The Hall–Kier alpha value is -3.39. The van der Waals surface area contributed by atoms with E-state index in [-0.39, 0.29) is 15.9 Å². The van der Waals surface area contributed by atoms with E-state index in [0.29, 0.717) is 37.4 Å². The number of ether oxygens (including phenoxy) is 2. The highest BCUT2D eigenvalue weighted by Gasteiger charge is 2.30. The standard InChI is InChI=1S/C27H26BrFN2O4/c1-34-24-14-18-10-11-31(16-20(18)15-25(24)35-2)27(33)23(12-17-6-4-3-5-7-17)30-26(32)19-8-9-22(29)21(28)13-19/h3-9,13-15,23H,10-12,16H2,1-2H3,(H,30,32)/t23-/m1/s1. The maximum Gasteiger partial charge on any atom is 0.251 e. The Morgan fingerprint density at radius 3 is 2.37 bits per heavy atom. The number of methoxy groups -OCH3 is 2. The molecule has 1 aliphatic heterocycles. The Labute approximate surface area is 212 Å². The van der Waals surface area contributed by atoms with E-state index in [1.807, 2.05) is 42.5 Å². The molecule has 182 valence electrons. The molecule has 35 heavy (non-hydrogen) atoms. The largest absolute Gasteiger partial charge is 0.493 e. The number of carbonyl (C=O) groups is 2. The van der Waals surface area contributed by atoms with Gasteiger partial charge in [-0.1, -0.05) is 30.3 Å². The van der Waals surface area contributed by atoms with Gasteiger partial charge in [0.05, 0.1) is 18.7 Å². The molecular formula is C27H26BrFN2O4. The van der Waals surface area contributed by atoms with Gasteiger partial charge in [0.1, 0.15) is 11.9 Å². The van der Waals surface area contributed by atoms with E-state index in [1.165, 1.54) is 18.2 Å². The number of rotatable bonds is 7. The normalized spacial score (nSPS) is 13.5. The van der Waals surface area contributed by atoms with Gasteiger partial charge in [-0.3, -0.25) is 9.59 Å². The zero-order chi connectivity index (χ0) is 24.9. The molecule has 4 rings (SSSR count). The number of fused-ring (bicyclic) bond motifs is 1. The van der Waals surface area contributed by atoms with Crippen molar-refractivity contribution in [3.8, 4) is 11.5 Å². The molecule has 3 aromatic rings. The molecule has 0 bridgehead atoms. The van der Waals surface area contributed by atoms with Crippen molar-refractivity contribution in [1.82, 2.24) is 10.2 Å². The van der Waals surface area contributed by atoms with Crippen LogP contribution >= 0.6 is 15.9 Å². The fraction of sp³-hybridized carbons (Fsp3) is 0.259. The zero-order valence-corrected chi connectivity index (χ0v) is 21.1.